The molecule has 2 aromatic rings. The Morgan fingerprint density at radius 3 is 2.11 bits per heavy atom. The van der Waals surface area contributed by atoms with Crippen LogP contribution in [-0.4, -0.2) is 24.0 Å². The van der Waals surface area contributed by atoms with E-state index in [1.54, 1.807) is 0 Å². The average Bonchev–Trinajstić information content (AvgIpc) is 2.82. The Hall–Kier alpha value is -2.53. The van der Waals surface area contributed by atoms with Gasteiger partial charge in [-0.25, -0.2) is 0 Å². The summed E-state index contributed by atoms with van der Waals surface area (Å²) >= 11 is 0. The standard InChI is InChI=1S/C29H34F6N2/c1-3-17-37(18-15-22-8-5-4-6-9-22)21(2)14-16-27(20-36,23-10-7-11-23)24-12-13-25(28(30,31)32)26(19-24)29(33,34)35/h4-6,8-9,12-13,19,21,23H,3,7,10-11,14-18H2,1-2H3. The van der Waals surface area contributed by atoms with Crippen LogP contribution in [0.15, 0.2) is 48.5 Å². The van der Waals surface area contributed by atoms with Crippen molar-refractivity contribution in [2.75, 3.05) is 13.1 Å². The molecule has 37 heavy (non-hydrogen) atoms. The summed E-state index contributed by atoms with van der Waals surface area (Å²) in [6.45, 7) is 5.78. The summed E-state index contributed by atoms with van der Waals surface area (Å²) in [5, 5.41) is 10.3. The Morgan fingerprint density at radius 2 is 1.59 bits per heavy atom. The molecule has 8 heteroatoms. The van der Waals surface area contributed by atoms with Crippen LogP contribution < -0.4 is 0 Å². The minimum atomic E-state index is -5.18. The van der Waals surface area contributed by atoms with Gasteiger partial charge in [-0.05, 0) is 81.2 Å². The zero-order valence-electron chi connectivity index (χ0n) is 21.3. The normalized spacial score (nSPS) is 17.2. The maximum atomic E-state index is 13.7. The first-order valence-electron chi connectivity index (χ1n) is 12.9. The molecule has 2 aromatic carbocycles. The van der Waals surface area contributed by atoms with E-state index in [1.807, 2.05) is 18.2 Å². The predicted molar refractivity (Wildman–Crippen MR) is 132 cm³/mol. The van der Waals surface area contributed by atoms with Crippen LogP contribution in [0.2, 0.25) is 0 Å². The Kier molecular flexibility index (Phi) is 9.33. The molecule has 0 heterocycles. The topological polar surface area (TPSA) is 27.0 Å². The fourth-order valence-electron chi connectivity index (χ4n) is 5.38. The molecule has 202 valence electrons. The summed E-state index contributed by atoms with van der Waals surface area (Å²) in [6, 6.07) is 14.6. The average molecular weight is 525 g/mol. The van der Waals surface area contributed by atoms with E-state index in [4.69, 9.17) is 0 Å². The maximum Gasteiger partial charge on any atom is 0.417 e. The van der Waals surface area contributed by atoms with Crippen LogP contribution in [0.4, 0.5) is 26.3 Å². The number of hydrogen-bond acceptors (Lipinski definition) is 2. The van der Waals surface area contributed by atoms with Gasteiger partial charge >= 0.3 is 12.4 Å². The van der Waals surface area contributed by atoms with E-state index in [1.165, 1.54) is 5.56 Å². The molecule has 0 spiro atoms. The van der Waals surface area contributed by atoms with E-state index < -0.39 is 28.9 Å². The number of halogens is 6. The van der Waals surface area contributed by atoms with Crippen LogP contribution in [0.1, 0.15) is 74.6 Å². The summed E-state index contributed by atoms with van der Waals surface area (Å²) in [6.07, 6.45) is -5.47. The highest BCUT2D eigenvalue weighted by atomic mass is 19.4. The van der Waals surface area contributed by atoms with Crippen molar-refractivity contribution in [1.29, 1.82) is 5.26 Å². The highest BCUT2D eigenvalue weighted by Crippen LogP contribution is 2.49. The van der Waals surface area contributed by atoms with E-state index >= 15 is 0 Å². The zero-order valence-corrected chi connectivity index (χ0v) is 21.3. The van der Waals surface area contributed by atoms with Gasteiger partial charge in [0.1, 0.15) is 0 Å². The van der Waals surface area contributed by atoms with Gasteiger partial charge in [0.25, 0.3) is 0 Å². The Balaban J connectivity index is 1.87. The van der Waals surface area contributed by atoms with Gasteiger partial charge < -0.3 is 4.90 Å². The summed E-state index contributed by atoms with van der Waals surface area (Å²) in [4.78, 5) is 2.32. The highest BCUT2D eigenvalue weighted by Gasteiger charge is 2.48. The summed E-state index contributed by atoms with van der Waals surface area (Å²) in [7, 11) is 0. The zero-order chi connectivity index (χ0) is 27.3. The molecule has 1 aliphatic carbocycles. The van der Waals surface area contributed by atoms with E-state index in [9.17, 15) is 31.6 Å². The second-order valence-electron chi connectivity index (χ2n) is 10.1. The Morgan fingerprint density at radius 1 is 0.946 bits per heavy atom. The van der Waals surface area contributed by atoms with Crippen molar-refractivity contribution in [2.24, 2.45) is 5.92 Å². The molecule has 0 amide bonds. The number of nitriles is 1. The molecule has 3 rings (SSSR count). The second kappa shape index (κ2) is 11.9. The van der Waals surface area contributed by atoms with Crippen molar-refractivity contribution in [3.63, 3.8) is 0 Å². The van der Waals surface area contributed by atoms with Crippen LogP contribution in [0.25, 0.3) is 0 Å². The molecule has 0 N–H and O–H groups in total. The lowest BCUT2D eigenvalue weighted by Crippen LogP contribution is -2.41. The Labute approximate surface area is 215 Å². The van der Waals surface area contributed by atoms with Crippen molar-refractivity contribution in [3.8, 4) is 6.07 Å². The maximum absolute atomic E-state index is 13.7. The molecule has 2 nitrogen and oxygen atoms in total. The molecule has 0 radical (unpaired) electrons. The predicted octanol–water partition coefficient (Wildman–Crippen LogP) is 8.41. The van der Waals surface area contributed by atoms with Crippen molar-refractivity contribution < 1.29 is 26.3 Å². The molecular formula is C29H34F6N2. The second-order valence-corrected chi connectivity index (χ2v) is 10.1. The van der Waals surface area contributed by atoms with Crippen molar-refractivity contribution in [2.45, 2.75) is 82.6 Å². The molecule has 0 aliphatic heterocycles. The SMILES string of the molecule is CCCN(CCc1ccccc1)C(C)CCC(C#N)(c1ccc(C(F)(F)F)c(C(F)(F)F)c1)C1CCC1. The largest absolute Gasteiger partial charge is 0.417 e. The quantitative estimate of drug-likeness (QED) is 0.276. The monoisotopic (exact) mass is 524 g/mol. The molecule has 2 unspecified atom stereocenters. The third-order valence-corrected chi connectivity index (χ3v) is 7.77. The van der Waals surface area contributed by atoms with Crippen molar-refractivity contribution in [3.05, 3.63) is 70.8 Å². The van der Waals surface area contributed by atoms with Crippen molar-refractivity contribution >= 4 is 0 Å². The summed E-state index contributed by atoms with van der Waals surface area (Å²) in [5.74, 6) is -0.175. The smallest absolute Gasteiger partial charge is 0.300 e. The fourth-order valence-corrected chi connectivity index (χ4v) is 5.38. The molecular weight excluding hydrogens is 490 g/mol. The molecule has 0 bridgehead atoms. The van der Waals surface area contributed by atoms with Crippen LogP contribution >= 0.6 is 0 Å². The first-order chi connectivity index (χ1) is 17.4. The highest BCUT2D eigenvalue weighted by molar-refractivity contribution is 5.43. The molecule has 2 atom stereocenters. The lowest BCUT2D eigenvalue weighted by Gasteiger charge is -2.42. The Bertz CT molecular complexity index is 1050. The first kappa shape index (κ1) is 29.0. The third-order valence-electron chi connectivity index (χ3n) is 7.77. The number of nitrogens with zero attached hydrogens (tertiary/aromatic N) is 2. The van der Waals surface area contributed by atoms with Crippen LogP contribution in [-0.2, 0) is 24.2 Å². The number of benzene rings is 2. The summed E-state index contributed by atoms with van der Waals surface area (Å²) < 4.78 is 81.2. The minimum absolute atomic E-state index is 0.0403. The summed E-state index contributed by atoms with van der Waals surface area (Å²) in [5.41, 5.74) is -3.44. The van der Waals surface area contributed by atoms with Crippen molar-refractivity contribution in [1.82, 2.24) is 4.90 Å². The fraction of sp³-hybridized carbons (Fsp3) is 0.552. The van der Waals surface area contributed by atoms with Gasteiger partial charge in [-0.15, -0.1) is 0 Å². The van der Waals surface area contributed by atoms with E-state index in [0.29, 0.717) is 37.8 Å². The molecule has 0 saturated heterocycles. The molecule has 0 aromatic heterocycles. The van der Waals surface area contributed by atoms with Gasteiger partial charge in [-0.2, -0.15) is 31.6 Å². The van der Waals surface area contributed by atoms with Gasteiger partial charge in [-0.1, -0.05) is 49.7 Å². The van der Waals surface area contributed by atoms with Gasteiger partial charge in [0.05, 0.1) is 22.6 Å². The molecule has 1 fully saturated rings. The first-order valence-corrected chi connectivity index (χ1v) is 12.9. The van der Waals surface area contributed by atoms with E-state index in [0.717, 1.165) is 38.4 Å². The van der Waals surface area contributed by atoms with Gasteiger partial charge in [-0.3, -0.25) is 0 Å². The van der Waals surface area contributed by atoms with Gasteiger partial charge in [0.15, 0.2) is 0 Å². The minimum Gasteiger partial charge on any atom is -0.300 e. The number of rotatable bonds is 11. The lowest BCUT2D eigenvalue weighted by molar-refractivity contribution is -0.162. The van der Waals surface area contributed by atoms with Gasteiger partial charge in [0.2, 0.25) is 0 Å². The van der Waals surface area contributed by atoms with Crippen LogP contribution in [0, 0.1) is 17.2 Å². The third kappa shape index (κ3) is 6.87. The van der Waals surface area contributed by atoms with E-state index in [-0.39, 0.29) is 17.5 Å². The number of alkyl halides is 6. The van der Waals surface area contributed by atoms with E-state index in [2.05, 4.69) is 36.9 Å². The van der Waals surface area contributed by atoms with Gasteiger partial charge in [0, 0.05) is 12.6 Å². The lowest BCUT2D eigenvalue weighted by atomic mass is 9.60. The molecule has 1 aliphatic rings. The van der Waals surface area contributed by atoms with Crippen LogP contribution in [0.3, 0.4) is 0 Å². The van der Waals surface area contributed by atoms with Crippen LogP contribution in [0.5, 0.6) is 0 Å². The number of hydrogen-bond donors (Lipinski definition) is 0. The molecule has 1 saturated carbocycles.